The average Bonchev–Trinajstić information content (AvgIpc) is 1.78. The van der Waals surface area contributed by atoms with Gasteiger partial charge in [-0.25, -0.2) is 0 Å². The highest BCUT2D eigenvalue weighted by molar-refractivity contribution is 5.09. The fourth-order valence-corrected chi connectivity index (χ4v) is 2.96. The molecule has 13 heavy (non-hydrogen) atoms. The summed E-state index contributed by atoms with van der Waals surface area (Å²) < 4.78 is 5.11. The van der Waals surface area contributed by atoms with Crippen LogP contribution in [-0.4, -0.2) is 7.11 Å². The van der Waals surface area contributed by atoms with Gasteiger partial charge < -0.3 is 4.74 Å². The Labute approximate surface area is 82.2 Å². The molecule has 0 amide bonds. The highest BCUT2D eigenvalue weighted by Crippen LogP contribution is 2.47. The summed E-state index contributed by atoms with van der Waals surface area (Å²) in [4.78, 5) is 0. The van der Waals surface area contributed by atoms with Gasteiger partial charge in [-0.1, -0.05) is 27.7 Å². The Morgan fingerprint density at radius 3 is 1.92 bits per heavy atom. The zero-order chi connectivity index (χ0) is 10.1. The number of hydrogen-bond donors (Lipinski definition) is 0. The maximum atomic E-state index is 5.11. The third kappa shape index (κ3) is 3.06. The summed E-state index contributed by atoms with van der Waals surface area (Å²) in [5, 5.41) is 0. The van der Waals surface area contributed by atoms with Gasteiger partial charge in [0.1, 0.15) is 0 Å². The van der Waals surface area contributed by atoms with Gasteiger partial charge in [0, 0.05) is 0 Å². The van der Waals surface area contributed by atoms with Crippen LogP contribution < -0.4 is 0 Å². The first-order chi connectivity index (χ1) is 5.85. The lowest BCUT2D eigenvalue weighted by Gasteiger charge is -2.41. The summed E-state index contributed by atoms with van der Waals surface area (Å²) in [6, 6.07) is 0. The van der Waals surface area contributed by atoms with Crippen molar-refractivity contribution in [3.05, 3.63) is 11.8 Å². The molecular weight excluding hydrogens is 160 g/mol. The van der Waals surface area contributed by atoms with Crippen LogP contribution in [0.1, 0.15) is 47.0 Å². The van der Waals surface area contributed by atoms with E-state index < -0.39 is 0 Å². The minimum Gasteiger partial charge on any atom is -0.504 e. The molecule has 0 aliphatic heterocycles. The number of hydrogen-bond acceptors (Lipinski definition) is 1. The monoisotopic (exact) mass is 182 g/mol. The van der Waals surface area contributed by atoms with Gasteiger partial charge in [-0.3, -0.25) is 0 Å². The molecule has 76 valence electrons. The average molecular weight is 182 g/mol. The molecule has 0 aromatic rings. The first kappa shape index (κ1) is 10.6. The van der Waals surface area contributed by atoms with Crippen LogP contribution in [-0.2, 0) is 4.74 Å². The fourth-order valence-electron chi connectivity index (χ4n) is 2.96. The fraction of sp³-hybridized carbons (Fsp3) is 0.833. The Balaban J connectivity index is 2.78. The van der Waals surface area contributed by atoms with E-state index in [0.717, 1.165) is 0 Å². The van der Waals surface area contributed by atoms with Crippen molar-refractivity contribution in [3.63, 3.8) is 0 Å². The molecule has 0 N–H and O–H groups in total. The molecule has 0 aromatic heterocycles. The molecule has 1 heteroatoms. The van der Waals surface area contributed by atoms with Gasteiger partial charge in [-0.2, -0.15) is 0 Å². The lowest BCUT2D eigenvalue weighted by Crippen LogP contribution is -2.29. The molecular formula is C12H22O. The van der Waals surface area contributed by atoms with E-state index in [-0.39, 0.29) is 0 Å². The van der Waals surface area contributed by atoms with Gasteiger partial charge in [-0.05, 0) is 35.7 Å². The third-order valence-electron chi connectivity index (χ3n) is 2.65. The van der Waals surface area contributed by atoms with Crippen LogP contribution in [0.15, 0.2) is 11.8 Å². The standard InChI is InChI=1S/C12H22O/c1-11(2)6-10(8-13-5)7-12(3,4)9-11/h8H,6-7,9H2,1-5H3. The zero-order valence-corrected chi connectivity index (χ0v) is 9.61. The summed E-state index contributed by atoms with van der Waals surface area (Å²) in [6.45, 7) is 9.38. The quantitative estimate of drug-likeness (QED) is 0.561. The molecule has 1 fully saturated rings. The largest absolute Gasteiger partial charge is 0.504 e. The van der Waals surface area contributed by atoms with Gasteiger partial charge in [0.2, 0.25) is 0 Å². The van der Waals surface area contributed by atoms with Crippen molar-refractivity contribution >= 4 is 0 Å². The maximum Gasteiger partial charge on any atom is 0.0816 e. The molecule has 0 bridgehead atoms. The first-order valence-electron chi connectivity index (χ1n) is 5.05. The predicted octanol–water partition coefficient (Wildman–Crippen LogP) is 3.75. The topological polar surface area (TPSA) is 9.23 Å². The minimum atomic E-state index is 0.437. The summed E-state index contributed by atoms with van der Waals surface area (Å²) in [7, 11) is 1.74. The molecule has 0 radical (unpaired) electrons. The maximum absolute atomic E-state index is 5.11. The Hall–Kier alpha value is -0.460. The molecule has 0 spiro atoms. The van der Waals surface area contributed by atoms with Gasteiger partial charge in [0.15, 0.2) is 0 Å². The van der Waals surface area contributed by atoms with E-state index in [1.54, 1.807) is 7.11 Å². The van der Waals surface area contributed by atoms with E-state index in [1.165, 1.54) is 24.8 Å². The van der Waals surface area contributed by atoms with Gasteiger partial charge in [-0.15, -0.1) is 0 Å². The molecule has 0 unspecified atom stereocenters. The molecule has 1 nitrogen and oxygen atoms in total. The molecule has 1 rings (SSSR count). The van der Waals surface area contributed by atoms with Crippen molar-refractivity contribution in [1.82, 2.24) is 0 Å². The van der Waals surface area contributed by atoms with Crippen LogP contribution in [0.25, 0.3) is 0 Å². The Morgan fingerprint density at radius 2 is 1.54 bits per heavy atom. The lowest BCUT2D eigenvalue weighted by atomic mass is 9.64. The molecule has 0 aromatic carbocycles. The second-order valence-electron chi connectivity index (χ2n) is 5.87. The molecule has 0 heterocycles. The molecule has 1 aliphatic rings. The first-order valence-corrected chi connectivity index (χ1v) is 5.05. The highest BCUT2D eigenvalue weighted by atomic mass is 16.5. The number of rotatable bonds is 1. The van der Waals surface area contributed by atoms with E-state index >= 15 is 0 Å². The molecule has 1 saturated carbocycles. The predicted molar refractivity (Wildman–Crippen MR) is 56.5 cm³/mol. The number of ether oxygens (including phenoxy) is 1. The third-order valence-corrected chi connectivity index (χ3v) is 2.65. The lowest BCUT2D eigenvalue weighted by molar-refractivity contribution is 0.149. The summed E-state index contributed by atoms with van der Waals surface area (Å²) in [5.74, 6) is 0. The van der Waals surface area contributed by atoms with Crippen LogP contribution >= 0.6 is 0 Å². The second kappa shape index (κ2) is 3.36. The van der Waals surface area contributed by atoms with E-state index in [9.17, 15) is 0 Å². The smallest absolute Gasteiger partial charge is 0.0816 e. The Kier molecular flexibility index (Phi) is 2.74. The van der Waals surface area contributed by atoms with Crippen molar-refractivity contribution in [2.75, 3.05) is 7.11 Å². The summed E-state index contributed by atoms with van der Waals surface area (Å²) in [6.07, 6.45) is 5.61. The Bertz CT molecular complexity index is 193. The minimum absolute atomic E-state index is 0.437. The van der Waals surface area contributed by atoms with Crippen molar-refractivity contribution in [1.29, 1.82) is 0 Å². The molecule has 0 saturated heterocycles. The molecule has 0 atom stereocenters. The highest BCUT2D eigenvalue weighted by Gasteiger charge is 2.35. The second-order valence-corrected chi connectivity index (χ2v) is 5.87. The van der Waals surface area contributed by atoms with Gasteiger partial charge in [0.05, 0.1) is 13.4 Å². The van der Waals surface area contributed by atoms with Crippen LogP contribution in [0.5, 0.6) is 0 Å². The number of allylic oxidation sites excluding steroid dienone is 1. The van der Waals surface area contributed by atoms with Crippen LogP contribution in [0.2, 0.25) is 0 Å². The van der Waals surface area contributed by atoms with Crippen molar-refractivity contribution in [2.45, 2.75) is 47.0 Å². The summed E-state index contributed by atoms with van der Waals surface area (Å²) >= 11 is 0. The molecule has 1 aliphatic carbocycles. The van der Waals surface area contributed by atoms with Crippen LogP contribution in [0.4, 0.5) is 0 Å². The van der Waals surface area contributed by atoms with Crippen LogP contribution in [0.3, 0.4) is 0 Å². The van der Waals surface area contributed by atoms with Crippen molar-refractivity contribution < 1.29 is 4.74 Å². The normalized spacial score (nSPS) is 25.5. The number of methoxy groups -OCH3 is 1. The van der Waals surface area contributed by atoms with Crippen molar-refractivity contribution in [2.24, 2.45) is 10.8 Å². The van der Waals surface area contributed by atoms with E-state index in [4.69, 9.17) is 4.74 Å². The summed E-state index contributed by atoms with van der Waals surface area (Å²) in [5.41, 5.74) is 2.34. The Morgan fingerprint density at radius 1 is 1.08 bits per heavy atom. The van der Waals surface area contributed by atoms with E-state index in [2.05, 4.69) is 27.7 Å². The van der Waals surface area contributed by atoms with Gasteiger partial charge >= 0.3 is 0 Å². The van der Waals surface area contributed by atoms with Crippen molar-refractivity contribution in [3.8, 4) is 0 Å². The SMILES string of the molecule is COC=C1CC(C)(C)CC(C)(C)C1. The van der Waals surface area contributed by atoms with Crippen LogP contribution in [0, 0.1) is 10.8 Å². The van der Waals surface area contributed by atoms with E-state index in [0.29, 0.717) is 10.8 Å². The zero-order valence-electron chi connectivity index (χ0n) is 9.61. The van der Waals surface area contributed by atoms with Gasteiger partial charge in [0.25, 0.3) is 0 Å². The van der Waals surface area contributed by atoms with E-state index in [1.807, 2.05) is 6.26 Å².